The van der Waals surface area contributed by atoms with Crippen molar-refractivity contribution >= 4 is 39.8 Å². The molecule has 0 saturated carbocycles. The highest BCUT2D eigenvalue weighted by Crippen LogP contribution is 2.23. The Hall–Kier alpha value is -0.660. The molecule has 0 aliphatic carbocycles. The van der Waals surface area contributed by atoms with E-state index in [1.54, 1.807) is 11.1 Å². The molecule has 0 aromatic carbocycles. The average molecular weight is 379 g/mol. The first-order valence-electron chi connectivity index (χ1n) is 7.66. The molecule has 1 aliphatic rings. The predicted octanol–water partition coefficient (Wildman–Crippen LogP) is 3.69. The number of halogens is 1. The van der Waals surface area contributed by atoms with Crippen molar-refractivity contribution in [3.63, 3.8) is 0 Å². The fourth-order valence-electron chi connectivity index (χ4n) is 2.52. The monoisotopic (exact) mass is 378 g/mol. The summed E-state index contributed by atoms with van der Waals surface area (Å²) in [4.78, 5) is 18.8. The molecule has 2 rings (SSSR count). The molecule has 23 heavy (non-hydrogen) atoms. The summed E-state index contributed by atoms with van der Waals surface area (Å²) >= 11 is 7.16. The van der Waals surface area contributed by atoms with Crippen molar-refractivity contribution in [1.29, 1.82) is 0 Å². The van der Waals surface area contributed by atoms with Gasteiger partial charge < -0.3 is 9.64 Å². The fraction of sp³-hybridized carbons (Fsp3) is 0.733. The van der Waals surface area contributed by atoms with E-state index < -0.39 is 16.4 Å². The molecule has 0 spiro atoms. The Labute approximate surface area is 148 Å². The first-order chi connectivity index (χ1) is 10.7. The zero-order valence-electron chi connectivity index (χ0n) is 13.7. The number of hydrogen-bond donors (Lipinski definition) is 0. The molecular weight excluding hydrogens is 356 g/mol. The number of carbonyl (C=O) groups excluding carboxylic acids is 1. The number of thiazole rings is 1. The Bertz CT molecular complexity index is 571. The third-order valence-electron chi connectivity index (χ3n) is 3.42. The maximum Gasteiger partial charge on any atom is 0.410 e. The number of hydrogen-bond acceptors (Lipinski definition) is 5. The maximum atomic E-state index is 12.3. The number of aromatic nitrogens is 1. The molecule has 8 heteroatoms. The number of likely N-dealkylation sites (tertiary alicyclic amines) is 1. The first kappa shape index (κ1) is 18.7. The Morgan fingerprint density at radius 3 is 2.91 bits per heavy atom. The summed E-state index contributed by atoms with van der Waals surface area (Å²) < 4.78 is 18.2. The highest BCUT2D eigenvalue weighted by molar-refractivity contribution is 7.84. The third kappa shape index (κ3) is 6.39. The molecule has 1 aliphatic heterocycles. The second-order valence-electron chi connectivity index (χ2n) is 6.76. The second-order valence-corrected chi connectivity index (χ2v) is 9.96. The summed E-state index contributed by atoms with van der Waals surface area (Å²) in [6.07, 6.45) is 3.32. The lowest BCUT2D eigenvalue weighted by Gasteiger charge is -2.34. The van der Waals surface area contributed by atoms with Crippen LogP contribution in [0.2, 0.25) is 4.47 Å². The number of piperidine rings is 1. The minimum Gasteiger partial charge on any atom is -0.444 e. The van der Waals surface area contributed by atoms with Crippen molar-refractivity contribution < 1.29 is 13.7 Å². The van der Waals surface area contributed by atoms with E-state index >= 15 is 0 Å². The van der Waals surface area contributed by atoms with E-state index in [4.69, 9.17) is 16.3 Å². The summed E-state index contributed by atoms with van der Waals surface area (Å²) in [7, 11) is -0.969. The molecule has 0 radical (unpaired) electrons. The Kier molecular flexibility index (Phi) is 6.45. The van der Waals surface area contributed by atoms with E-state index in [1.807, 2.05) is 20.8 Å². The molecule has 1 saturated heterocycles. The molecule has 1 aromatic heterocycles. The number of ether oxygens (including phenoxy) is 1. The molecular formula is C15H23ClN2O3S2. The molecule has 2 heterocycles. The van der Waals surface area contributed by atoms with Gasteiger partial charge in [0, 0.05) is 40.7 Å². The zero-order valence-corrected chi connectivity index (χ0v) is 16.1. The molecule has 1 fully saturated rings. The van der Waals surface area contributed by atoms with Crippen molar-refractivity contribution in [1.82, 2.24) is 9.88 Å². The van der Waals surface area contributed by atoms with Gasteiger partial charge in [-0.25, -0.2) is 9.78 Å². The normalized spacial score (nSPS) is 20.3. The topological polar surface area (TPSA) is 59.5 Å². The molecule has 5 nitrogen and oxygen atoms in total. The lowest BCUT2D eigenvalue weighted by atomic mass is 10.0. The van der Waals surface area contributed by atoms with Crippen LogP contribution in [0.15, 0.2) is 6.20 Å². The van der Waals surface area contributed by atoms with E-state index in [1.165, 1.54) is 11.3 Å². The minimum absolute atomic E-state index is 0.250. The molecule has 2 atom stereocenters. The van der Waals surface area contributed by atoms with Crippen LogP contribution in [0.1, 0.15) is 38.5 Å². The maximum absolute atomic E-state index is 12.3. The SMILES string of the molecule is CC(C)(C)OC(=O)N1CCC[C@@H](C[S@](=O)Cc2cnc(Cl)s2)C1. The van der Waals surface area contributed by atoms with Crippen LogP contribution >= 0.6 is 22.9 Å². The van der Waals surface area contributed by atoms with Crippen molar-refractivity contribution in [3.05, 3.63) is 15.5 Å². The lowest BCUT2D eigenvalue weighted by molar-refractivity contribution is 0.0176. The van der Waals surface area contributed by atoms with Crippen LogP contribution in [0.3, 0.4) is 0 Å². The summed E-state index contributed by atoms with van der Waals surface area (Å²) in [6, 6.07) is 0. The Morgan fingerprint density at radius 1 is 1.57 bits per heavy atom. The van der Waals surface area contributed by atoms with E-state index in [0.717, 1.165) is 17.7 Å². The quantitative estimate of drug-likeness (QED) is 0.801. The fourth-order valence-corrected chi connectivity index (χ4v) is 5.24. The van der Waals surface area contributed by atoms with Gasteiger partial charge in [0.15, 0.2) is 4.47 Å². The van der Waals surface area contributed by atoms with Gasteiger partial charge in [0.1, 0.15) is 5.60 Å². The summed E-state index contributed by atoms with van der Waals surface area (Å²) in [5, 5.41) is 0. The smallest absolute Gasteiger partial charge is 0.410 e. The van der Waals surface area contributed by atoms with Crippen molar-refractivity contribution in [3.8, 4) is 0 Å². The van der Waals surface area contributed by atoms with Gasteiger partial charge in [-0.2, -0.15) is 0 Å². The van der Waals surface area contributed by atoms with Gasteiger partial charge in [0.05, 0.1) is 5.75 Å². The van der Waals surface area contributed by atoms with Gasteiger partial charge in [-0.3, -0.25) is 4.21 Å². The average Bonchev–Trinajstić information content (AvgIpc) is 2.82. The van der Waals surface area contributed by atoms with Gasteiger partial charge in [0.25, 0.3) is 0 Å². The van der Waals surface area contributed by atoms with Crippen LogP contribution < -0.4 is 0 Å². The van der Waals surface area contributed by atoms with Gasteiger partial charge in [-0.1, -0.05) is 11.6 Å². The first-order valence-corrected chi connectivity index (χ1v) is 10.3. The molecule has 0 unspecified atom stereocenters. The Morgan fingerprint density at radius 2 is 2.30 bits per heavy atom. The number of rotatable bonds is 4. The van der Waals surface area contributed by atoms with Crippen LogP contribution in [-0.2, 0) is 21.3 Å². The van der Waals surface area contributed by atoms with Gasteiger partial charge in [-0.15, -0.1) is 11.3 Å². The number of nitrogens with zero attached hydrogens (tertiary/aromatic N) is 2. The molecule has 1 amide bonds. The number of amides is 1. The summed E-state index contributed by atoms with van der Waals surface area (Å²) in [6.45, 7) is 6.91. The van der Waals surface area contributed by atoms with Crippen molar-refractivity contribution in [2.75, 3.05) is 18.8 Å². The molecule has 130 valence electrons. The second kappa shape index (κ2) is 7.94. The highest BCUT2D eigenvalue weighted by Gasteiger charge is 2.28. The van der Waals surface area contributed by atoms with E-state index in [-0.39, 0.29) is 12.0 Å². The largest absolute Gasteiger partial charge is 0.444 e. The van der Waals surface area contributed by atoms with Gasteiger partial charge >= 0.3 is 6.09 Å². The van der Waals surface area contributed by atoms with Crippen LogP contribution in [-0.4, -0.2) is 44.6 Å². The standard InChI is InChI=1S/C15H23ClN2O3S2/c1-15(2,3)21-14(19)18-6-4-5-11(8-18)9-23(20)10-12-7-17-13(16)22-12/h7,11H,4-6,8-10H2,1-3H3/t11-,23+/m1/s1. The predicted molar refractivity (Wildman–Crippen MR) is 94.4 cm³/mol. The lowest BCUT2D eigenvalue weighted by Crippen LogP contribution is -2.44. The minimum atomic E-state index is -0.969. The summed E-state index contributed by atoms with van der Waals surface area (Å²) in [5.74, 6) is 1.32. The van der Waals surface area contributed by atoms with E-state index in [2.05, 4.69) is 4.98 Å². The molecule has 0 N–H and O–H groups in total. The van der Waals surface area contributed by atoms with E-state index in [9.17, 15) is 9.00 Å². The molecule has 0 bridgehead atoms. The third-order valence-corrected chi connectivity index (χ3v) is 6.19. The molecule has 1 aromatic rings. The summed E-state index contributed by atoms with van der Waals surface area (Å²) in [5.41, 5.74) is -0.488. The van der Waals surface area contributed by atoms with Crippen LogP contribution in [0, 0.1) is 5.92 Å². The van der Waals surface area contributed by atoms with Crippen LogP contribution in [0.5, 0.6) is 0 Å². The van der Waals surface area contributed by atoms with Crippen LogP contribution in [0.4, 0.5) is 4.79 Å². The van der Waals surface area contributed by atoms with Crippen molar-refractivity contribution in [2.24, 2.45) is 5.92 Å². The van der Waals surface area contributed by atoms with E-state index in [0.29, 0.717) is 29.1 Å². The highest BCUT2D eigenvalue weighted by atomic mass is 35.5. The van der Waals surface area contributed by atoms with Gasteiger partial charge in [0.2, 0.25) is 0 Å². The van der Waals surface area contributed by atoms with Gasteiger partial charge in [-0.05, 0) is 39.5 Å². The number of carbonyl (C=O) groups is 1. The van der Waals surface area contributed by atoms with Crippen LogP contribution in [0.25, 0.3) is 0 Å². The van der Waals surface area contributed by atoms with Crippen molar-refractivity contribution in [2.45, 2.75) is 45.0 Å². The Balaban J connectivity index is 1.83. The zero-order chi connectivity index (χ0) is 17.0.